The maximum Gasteiger partial charge on any atom is 0.305 e. The summed E-state index contributed by atoms with van der Waals surface area (Å²) in [6, 6.07) is -0.644. The van der Waals surface area contributed by atoms with E-state index in [4.69, 9.17) is 4.74 Å². The van der Waals surface area contributed by atoms with E-state index in [0.29, 0.717) is 19.4 Å². The molecule has 52 heavy (non-hydrogen) atoms. The van der Waals surface area contributed by atoms with Crippen molar-refractivity contribution in [2.75, 3.05) is 13.2 Å². The molecule has 6 nitrogen and oxygen atoms in total. The van der Waals surface area contributed by atoms with Gasteiger partial charge < -0.3 is 20.3 Å². The van der Waals surface area contributed by atoms with Gasteiger partial charge in [-0.1, -0.05) is 185 Å². The Balaban J connectivity index is 3.55. The summed E-state index contributed by atoms with van der Waals surface area (Å²) in [4.78, 5) is 24.3. The molecule has 0 aromatic rings. The molecule has 0 rings (SSSR count). The summed E-state index contributed by atoms with van der Waals surface area (Å²) in [7, 11) is 0. The first-order valence-electron chi connectivity index (χ1n) is 22.3. The van der Waals surface area contributed by atoms with E-state index in [-0.39, 0.29) is 18.5 Å². The Hall–Kier alpha value is -1.92. The van der Waals surface area contributed by atoms with Gasteiger partial charge in [-0.2, -0.15) is 0 Å². The van der Waals surface area contributed by atoms with Gasteiger partial charge in [0.1, 0.15) is 0 Å². The number of aliphatic hydroxyl groups excluding tert-OH is 2. The monoisotopic (exact) mass is 732 g/mol. The normalized spacial score (nSPS) is 13.1. The van der Waals surface area contributed by atoms with E-state index in [9.17, 15) is 19.8 Å². The van der Waals surface area contributed by atoms with Crippen LogP contribution in [0.15, 0.2) is 36.5 Å². The molecule has 2 atom stereocenters. The molecule has 0 aromatic heterocycles. The van der Waals surface area contributed by atoms with Gasteiger partial charge in [0.15, 0.2) is 0 Å². The number of carbonyl (C=O) groups is 2. The Kier molecular flexibility index (Phi) is 40.3. The van der Waals surface area contributed by atoms with E-state index in [1.807, 2.05) is 6.08 Å². The highest BCUT2D eigenvalue weighted by atomic mass is 16.5. The summed E-state index contributed by atoms with van der Waals surface area (Å²) >= 11 is 0. The van der Waals surface area contributed by atoms with Crippen LogP contribution in [-0.4, -0.2) is 47.4 Å². The maximum absolute atomic E-state index is 12.4. The SMILES string of the molecule is CCC/C=C\C/C=C\CCCCCCCC(=O)OCCCCCCCCCCCCC(=O)NC(CO)C(O)/C=C/CCCCCCCCCCCC. The van der Waals surface area contributed by atoms with Crippen LogP contribution in [0.1, 0.15) is 219 Å². The number of ether oxygens (including phenoxy) is 1. The Bertz CT molecular complexity index is 854. The number of nitrogens with one attached hydrogen (secondary N) is 1. The molecule has 0 spiro atoms. The number of carbonyl (C=O) groups excluding carboxylic acids is 2. The van der Waals surface area contributed by atoms with Crippen molar-refractivity contribution in [2.45, 2.75) is 231 Å². The van der Waals surface area contributed by atoms with Crippen molar-refractivity contribution >= 4 is 11.9 Å². The highest BCUT2D eigenvalue weighted by molar-refractivity contribution is 5.76. The zero-order valence-corrected chi connectivity index (χ0v) is 34.3. The first-order chi connectivity index (χ1) is 25.5. The predicted molar refractivity (Wildman–Crippen MR) is 222 cm³/mol. The van der Waals surface area contributed by atoms with Crippen molar-refractivity contribution in [1.82, 2.24) is 5.32 Å². The van der Waals surface area contributed by atoms with Crippen LogP contribution in [0.5, 0.6) is 0 Å². The highest BCUT2D eigenvalue weighted by Crippen LogP contribution is 2.14. The average Bonchev–Trinajstić information content (AvgIpc) is 3.14. The molecule has 0 bridgehead atoms. The van der Waals surface area contributed by atoms with Gasteiger partial charge in [0.25, 0.3) is 0 Å². The molecule has 0 saturated heterocycles. The Morgan fingerprint density at radius 3 is 1.54 bits per heavy atom. The van der Waals surface area contributed by atoms with Gasteiger partial charge in [-0.05, 0) is 57.8 Å². The number of unbranched alkanes of at least 4 members (excludes halogenated alkanes) is 25. The first kappa shape index (κ1) is 50.1. The zero-order valence-electron chi connectivity index (χ0n) is 34.3. The van der Waals surface area contributed by atoms with Gasteiger partial charge in [-0.15, -0.1) is 0 Å². The summed E-state index contributed by atoms with van der Waals surface area (Å²) in [5.74, 6) is -0.132. The Morgan fingerprint density at radius 1 is 0.538 bits per heavy atom. The van der Waals surface area contributed by atoms with E-state index in [1.165, 1.54) is 122 Å². The van der Waals surface area contributed by atoms with E-state index in [2.05, 4.69) is 43.5 Å². The molecule has 304 valence electrons. The number of hydrogen-bond acceptors (Lipinski definition) is 5. The molecule has 6 heteroatoms. The minimum Gasteiger partial charge on any atom is -0.466 e. The van der Waals surface area contributed by atoms with E-state index < -0.39 is 12.1 Å². The lowest BCUT2D eigenvalue weighted by Gasteiger charge is -2.20. The topological polar surface area (TPSA) is 95.9 Å². The highest BCUT2D eigenvalue weighted by Gasteiger charge is 2.18. The standard InChI is InChI=1S/C46H85NO5/c1-3-5-7-9-11-13-15-17-19-24-28-32-36-40-46(51)52-41-37-33-29-25-21-20-23-27-31-35-39-45(50)47-43(42-48)44(49)38-34-30-26-22-18-16-14-12-10-8-6-4-2/h7,9,13,15,34,38,43-44,48-49H,3-6,8,10-12,14,16-33,35-37,39-42H2,1-2H3,(H,47,50)/b9-7-,15-13-,38-34+. The molecule has 0 saturated carbocycles. The van der Waals surface area contributed by atoms with Crippen molar-refractivity contribution in [3.63, 3.8) is 0 Å². The lowest BCUT2D eigenvalue weighted by atomic mass is 10.0. The van der Waals surface area contributed by atoms with Crippen molar-refractivity contribution in [1.29, 1.82) is 0 Å². The van der Waals surface area contributed by atoms with Crippen molar-refractivity contribution < 1.29 is 24.5 Å². The molecule has 3 N–H and O–H groups in total. The van der Waals surface area contributed by atoms with Crippen LogP contribution in [0.3, 0.4) is 0 Å². The van der Waals surface area contributed by atoms with Crippen LogP contribution in [-0.2, 0) is 14.3 Å². The second-order valence-corrected chi connectivity index (χ2v) is 15.0. The van der Waals surface area contributed by atoms with Gasteiger partial charge in [0, 0.05) is 12.8 Å². The number of allylic oxidation sites excluding steroid dienone is 5. The average molecular weight is 732 g/mol. The third-order valence-corrected chi connectivity index (χ3v) is 9.89. The van der Waals surface area contributed by atoms with Crippen LogP contribution >= 0.6 is 0 Å². The van der Waals surface area contributed by atoms with Crippen LogP contribution in [0, 0.1) is 0 Å². The largest absolute Gasteiger partial charge is 0.466 e. The van der Waals surface area contributed by atoms with Gasteiger partial charge in [-0.3, -0.25) is 9.59 Å². The number of hydrogen-bond donors (Lipinski definition) is 3. The summed E-state index contributed by atoms with van der Waals surface area (Å²) in [6.45, 7) is 4.75. The van der Waals surface area contributed by atoms with Crippen molar-refractivity contribution in [3.8, 4) is 0 Å². The fourth-order valence-electron chi connectivity index (χ4n) is 6.43. The van der Waals surface area contributed by atoms with Crippen LogP contribution < -0.4 is 5.32 Å². The third kappa shape index (κ3) is 37.8. The van der Waals surface area contributed by atoms with E-state index >= 15 is 0 Å². The molecule has 0 fully saturated rings. The third-order valence-electron chi connectivity index (χ3n) is 9.89. The molecule has 0 aliphatic rings. The minimum atomic E-state index is -0.858. The van der Waals surface area contributed by atoms with Crippen molar-refractivity contribution in [2.24, 2.45) is 0 Å². The summed E-state index contributed by atoms with van der Waals surface area (Å²) in [6.07, 6.45) is 48.3. The second kappa shape index (κ2) is 41.8. The molecule has 0 aliphatic carbocycles. The smallest absolute Gasteiger partial charge is 0.305 e. The molecular formula is C46H85NO5. The Morgan fingerprint density at radius 2 is 1.00 bits per heavy atom. The van der Waals surface area contributed by atoms with Gasteiger partial charge in [0.05, 0.1) is 25.4 Å². The van der Waals surface area contributed by atoms with E-state index in [0.717, 1.165) is 70.6 Å². The Labute approximate surface area is 322 Å². The van der Waals surface area contributed by atoms with Crippen LogP contribution in [0.4, 0.5) is 0 Å². The van der Waals surface area contributed by atoms with Gasteiger partial charge in [0.2, 0.25) is 5.91 Å². The van der Waals surface area contributed by atoms with E-state index in [1.54, 1.807) is 6.08 Å². The number of amides is 1. The molecule has 0 radical (unpaired) electrons. The zero-order chi connectivity index (χ0) is 38.0. The van der Waals surface area contributed by atoms with Crippen LogP contribution in [0.2, 0.25) is 0 Å². The fraction of sp³-hybridized carbons (Fsp3) is 0.826. The quantitative estimate of drug-likeness (QED) is 0.0331. The summed E-state index contributed by atoms with van der Waals surface area (Å²) in [5.41, 5.74) is 0. The van der Waals surface area contributed by atoms with Crippen LogP contribution in [0.25, 0.3) is 0 Å². The van der Waals surface area contributed by atoms with Crippen molar-refractivity contribution in [3.05, 3.63) is 36.5 Å². The summed E-state index contributed by atoms with van der Waals surface area (Å²) in [5, 5.41) is 22.9. The first-order valence-corrected chi connectivity index (χ1v) is 22.3. The molecular weight excluding hydrogens is 647 g/mol. The lowest BCUT2D eigenvalue weighted by Crippen LogP contribution is -2.45. The second-order valence-electron chi connectivity index (χ2n) is 15.0. The molecule has 1 amide bonds. The molecule has 2 unspecified atom stereocenters. The minimum absolute atomic E-state index is 0.0375. The maximum atomic E-state index is 12.4. The number of aliphatic hydroxyl groups is 2. The predicted octanol–water partition coefficient (Wildman–Crippen LogP) is 12.6. The van der Waals surface area contributed by atoms with Gasteiger partial charge >= 0.3 is 5.97 Å². The lowest BCUT2D eigenvalue weighted by molar-refractivity contribution is -0.143. The fourth-order valence-corrected chi connectivity index (χ4v) is 6.43. The van der Waals surface area contributed by atoms with Gasteiger partial charge in [-0.25, -0.2) is 0 Å². The number of rotatable bonds is 40. The number of esters is 1. The molecule has 0 aromatic carbocycles. The summed E-state index contributed by atoms with van der Waals surface area (Å²) < 4.78 is 5.42. The molecule has 0 aliphatic heterocycles. The molecule has 0 heterocycles.